The van der Waals surface area contributed by atoms with Crippen molar-refractivity contribution in [3.05, 3.63) is 33.3 Å². The molecule has 3 heterocycles. The summed E-state index contributed by atoms with van der Waals surface area (Å²) in [5.74, 6) is 1.72. The fourth-order valence-electron chi connectivity index (χ4n) is 2.87. The molecular weight excluding hydrogens is 318 g/mol. The van der Waals surface area contributed by atoms with Gasteiger partial charge in [-0.25, -0.2) is 9.97 Å². The van der Waals surface area contributed by atoms with E-state index in [1.807, 2.05) is 17.1 Å². The molecule has 2 aromatic rings. The molecule has 7 heteroatoms. The van der Waals surface area contributed by atoms with Gasteiger partial charge in [-0.05, 0) is 32.4 Å². The average molecular weight is 340 g/mol. The van der Waals surface area contributed by atoms with E-state index in [2.05, 4.69) is 27.1 Å². The lowest BCUT2D eigenvalue weighted by Gasteiger charge is -2.24. The van der Waals surface area contributed by atoms with Crippen LogP contribution in [0.15, 0.2) is 11.7 Å². The highest BCUT2D eigenvalue weighted by Crippen LogP contribution is 2.20. The Morgan fingerprint density at radius 2 is 2.32 bits per heavy atom. The summed E-state index contributed by atoms with van der Waals surface area (Å²) in [4.78, 5) is 12.6. The zero-order valence-corrected chi connectivity index (χ0v) is 14.6. The Hall–Kier alpha value is -0.950. The number of nitrogens with one attached hydrogen (secondary N) is 1. The first-order valence-electron chi connectivity index (χ1n) is 7.61. The van der Waals surface area contributed by atoms with E-state index in [4.69, 9.17) is 11.6 Å². The second-order valence-corrected chi connectivity index (χ2v) is 7.27. The van der Waals surface area contributed by atoms with Crippen LogP contribution in [0.1, 0.15) is 22.8 Å². The molecule has 0 spiro atoms. The maximum atomic E-state index is 6.12. The monoisotopic (exact) mass is 339 g/mol. The van der Waals surface area contributed by atoms with Crippen LogP contribution in [0.25, 0.3) is 0 Å². The van der Waals surface area contributed by atoms with Crippen molar-refractivity contribution in [2.24, 2.45) is 13.0 Å². The van der Waals surface area contributed by atoms with Crippen molar-refractivity contribution in [3.63, 3.8) is 0 Å². The number of rotatable bonds is 6. The molecule has 22 heavy (non-hydrogen) atoms. The SMILES string of the molecule is Cc1ncsc1CN(Cc1ncc(Cl)n1C)CC1CCNC1. The van der Waals surface area contributed by atoms with Gasteiger partial charge in [-0.15, -0.1) is 11.3 Å². The van der Waals surface area contributed by atoms with Crippen LogP contribution in [0.3, 0.4) is 0 Å². The number of hydrogen-bond donors (Lipinski definition) is 1. The summed E-state index contributed by atoms with van der Waals surface area (Å²) >= 11 is 7.85. The fraction of sp³-hybridized carbons (Fsp3) is 0.600. The van der Waals surface area contributed by atoms with Crippen LogP contribution >= 0.6 is 22.9 Å². The second kappa shape index (κ2) is 7.08. The molecule has 1 saturated heterocycles. The molecule has 1 fully saturated rings. The minimum absolute atomic E-state index is 0.687. The summed E-state index contributed by atoms with van der Waals surface area (Å²) in [5.41, 5.74) is 3.06. The largest absolute Gasteiger partial charge is 0.321 e. The molecule has 1 aliphatic rings. The van der Waals surface area contributed by atoms with Crippen molar-refractivity contribution in [2.75, 3.05) is 19.6 Å². The van der Waals surface area contributed by atoms with Crippen LogP contribution in [-0.4, -0.2) is 39.1 Å². The lowest BCUT2D eigenvalue weighted by Crippen LogP contribution is -2.30. The number of aromatic nitrogens is 3. The lowest BCUT2D eigenvalue weighted by molar-refractivity contribution is 0.215. The topological polar surface area (TPSA) is 46.0 Å². The Balaban J connectivity index is 1.72. The summed E-state index contributed by atoms with van der Waals surface area (Å²) in [5, 5.41) is 4.14. The van der Waals surface area contributed by atoms with Crippen molar-refractivity contribution in [2.45, 2.75) is 26.4 Å². The van der Waals surface area contributed by atoms with Gasteiger partial charge in [0, 0.05) is 25.0 Å². The molecule has 0 radical (unpaired) electrons. The van der Waals surface area contributed by atoms with E-state index in [0.717, 1.165) is 44.2 Å². The molecule has 0 bridgehead atoms. The van der Waals surface area contributed by atoms with Crippen LogP contribution in [0, 0.1) is 12.8 Å². The van der Waals surface area contributed by atoms with Gasteiger partial charge in [0.15, 0.2) is 0 Å². The molecule has 2 aromatic heterocycles. The molecule has 1 N–H and O–H groups in total. The third-order valence-corrected chi connectivity index (χ3v) is 5.55. The molecule has 0 aromatic carbocycles. The number of thiazole rings is 1. The van der Waals surface area contributed by atoms with Crippen molar-refractivity contribution in [1.29, 1.82) is 0 Å². The minimum atomic E-state index is 0.687. The standard InChI is InChI=1S/C15H22ClN5S/c1-11-13(22-10-19-11)8-21(7-12-3-4-17-5-12)9-15-18-6-14(16)20(15)2/h6,10,12,17H,3-5,7-9H2,1-2H3. The molecule has 120 valence electrons. The highest BCUT2D eigenvalue weighted by Gasteiger charge is 2.21. The Morgan fingerprint density at radius 3 is 2.91 bits per heavy atom. The Morgan fingerprint density at radius 1 is 1.45 bits per heavy atom. The van der Waals surface area contributed by atoms with Gasteiger partial charge in [0.1, 0.15) is 11.0 Å². The first-order chi connectivity index (χ1) is 10.6. The normalized spacial score (nSPS) is 18.5. The number of aryl methyl sites for hydroxylation is 1. The predicted molar refractivity (Wildman–Crippen MR) is 90.2 cm³/mol. The third-order valence-electron chi connectivity index (χ3n) is 4.28. The Kier molecular flexibility index (Phi) is 5.13. The van der Waals surface area contributed by atoms with Crippen LogP contribution in [-0.2, 0) is 20.1 Å². The molecule has 0 amide bonds. The quantitative estimate of drug-likeness (QED) is 0.878. The number of nitrogens with zero attached hydrogens (tertiary/aromatic N) is 4. The van der Waals surface area contributed by atoms with E-state index in [9.17, 15) is 0 Å². The summed E-state index contributed by atoms with van der Waals surface area (Å²) in [6.45, 7) is 7.15. The maximum absolute atomic E-state index is 6.12. The Bertz CT molecular complexity index is 617. The minimum Gasteiger partial charge on any atom is -0.321 e. The van der Waals surface area contributed by atoms with Gasteiger partial charge >= 0.3 is 0 Å². The summed E-state index contributed by atoms with van der Waals surface area (Å²) in [6.07, 6.45) is 2.98. The average Bonchev–Trinajstić information content (AvgIpc) is 3.20. The fourth-order valence-corrected chi connectivity index (χ4v) is 3.84. The van der Waals surface area contributed by atoms with Crippen molar-refractivity contribution >= 4 is 22.9 Å². The second-order valence-electron chi connectivity index (χ2n) is 5.95. The maximum Gasteiger partial charge on any atom is 0.128 e. The van der Waals surface area contributed by atoms with E-state index in [-0.39, 0.29) is 0 Å². The van der Waals surface area contributed by atoms with Gasteiger partial charge in [0.05, 0.1) is 23.9 Å². The van der Waals surface area contributed by atoms with Gasteiger partial charge in [0.25, 0.3) is 0 Å². The van der Waals surface area contributed by atoms with Gasteiger partial charge in [-0.2, -0.15) is 0 Å². The van der Waals surface area contributed by atoms with Crippen LogP contribution < -0.4 is 5.32 Å². The van der Waals surface area contributed by atoms with E-state index in [0.29, 0.717) is 11.1 Å². The van der Waals surface area contributed by atoms with E-state index in [1.165, 1.54) is 11.3 Å². The molecule has 0 aliphatic carbocycles. The Labute approximate surface area is 140 Å². The third kappa shape index (κ3) is 3.68. The molecular formula is C15H22ClN5S. The molecule has 1 aliphatic heterocycles. The first kappa shape index (κ1) is 15.9. The van der Waals surface area contributed by atoms with Crippen molar-refractivity contribution in [3.8, 4) is 0 Å². The van der Waals surface area contributed by atoms with E-state index < -0.39 is 0 Å². The van der Waals surface area contributed by atoms with Gasteiger partial charge < -0.3 is 9.88 Å². The van der Waals surface area contributed by atoms with Crippen molar-refractivity contribution < 1.29 is 0 Å². The number of halogens is 1. The zero-order valence-electron chi connectivity index (χ0n) is 13.0. The molecule has 0 saturated carbocycles. The lowest BCUT2D eigenvalue weighted by atomic mass is 10.1. The first-order valence-corrected chi connectivity index (χ1v) is 8.87. The van der Waals surface area contributed by atoms with Crippen LogP contribution in [0.5, 0.6) is 0 Å². The molecule has 1 atom stereocenters. The highest BCUT2D eigenvalue weighted by molar-refractivity contribution is 7.09. The molecule has 1 unspecified atom stereocenters. The van der Waals surface area contributed by atoms with Gasteiger partial charge in [0.2, 0.25) is 0 Å². The van der Waals surface area contributed by atoms with Crippen LogP contribution in [0.4, 0.5) is 0 Å². The van der Waals surface area contributed by atoms with Gasteiger partial charge in [-0.3, -0.25) is 4.90 Å². The smallest absolute Gasteiger partial charge is 0.128 e. The van der Waals surface area contributed by atoms with Gasteiger partial charge in [-0.1, -0.05) is 11.6 Å². The molecule has 3 rings (SSSR count). The van der Waals surface area contributed by atoms with Crippen LogP contribution in [0.2, 0.25) is 5.15 Å². The summed E-state index contributed by atoms with van der Waals surface area (Å²) in [7, 11) is 1.97. The number of hydrogen-bond acceptors (Lipinski definition) is 5. The predicted octanol–water partition coefficient (Wildman–Crippen LogP) is 2.45. The van der Waals surface area contributed by atoms with E-state index >= 15 is 0 Å². The van der Waals surface area contributed by atoms with E-state index in [1.54, 1.807) is 17.5 Å². The molecule has 5 nitrogen and oxygen atoms in total. The van der Waals surface area contributed by atoms with Crippen molar-refractivity contribution in [1.82, 2.24) is 24.8 Å². The highest BCUT2D eigenvalue weighted by atomic mass is 35.5. The zero-order chi connectivity index (χ0) is 15.5. The summed E-state index contributed by atoms with van der Waals surface area (Å²) in [6, 6.07) is 0. The number of imidazole rings is 1. The summed E-state index contributed by atoms with van der Waals surface area (Å²) < 4.78 is 1.96.